The zero-order valence-corrected chi connectivity index (χ0v) is 10.6. The highest BCUT2D eigenvalue weighted by Crippen LogP contribution is 2.49. The van der Waals surface area contributed by atoms with Crippen molar-refractivity contribution in [3.63, 3.8) is 0 Å². The van der Waals surface area contributed by atoms with Gasteiger partial charge in [-0.05, 0) is 37.0 Å². The van der Waals surface area contributed by atoms with Crippen LogP contribution in [0.15, 0.2) is 18.2 Å². The normalized spacial score (nSPS) is 20.7. The van der Waals surface area contributed by atoms with E-state index in [1.165, 1.54) is 0 Å². The van der Waals surface area contributed by atoms with E-state index in [4.69, 9.17) is 20.3 Å². The summed E-state index contributed by atoms with van der Waals surface area (Å²) in [5.74, 6) is 0.430. The number of carboxylic acids is 1. The van der Waals surface area contributed by atoms with E-state index in [0.29, 0.717) is 19.0 Å². The Hall–Kier alpha value is -1.75. The molecule has 2 aliphatic rings. The van der Waals surface area contributed by atoms with E-state index in [-0.39, 0.29) is 11.8 Å². The Balaban J connectivity index is 1.76. The summed E-state index contributed by atoms with van der Waals surface area (Å²) >= 11 is 0. The number of aliphatic carboxylic acids is 1. The third kappa shape index (κ3) is 2.51. The van der Waals surface area contributed by atoms with Crippen molar-refractivity contribution < 1.29 is 19.4 Å². The SMILES string of the molecule is NC(Cc1ccc2c(c1)OCC1(CC1)CO2)C(=O)O. The van der Waals surface area contributed by atoms with Gasteiger partial charge < -0.3 is 20.3 Å². The molecule has 1 heterocycles. The zero-order chi connectivity index (χ0) is 13.5. The molecule has 1 spiro atoms. The van der Waals surface area contributed by atoms with Gasteiger partial charge in [0.15, 0.2) is 11.5 Å². The molecule has 3 rings (SSSR count). The number of fused-ring (bicyclic) bond motifs is 1. The van der Waals surface area contributed by atoms with Crippen molar-refractivity contribution >= 4 is 5.97 Å². The molecule has 3 N–H and O–H groups in total. The third-order valence-electron chi connectivity index (χ3n) is 3.81. The molecule has 0 amide bonds. The van der Waals surface area contributed by atoms with Gasteiger partial charge in [0.05, 0.1) is 13.2 Å². The lowest BCUT2D eigenvalue weighted by molar-refractivity contribution is -0.138. The van der Waals surface area contributed by atoms with Crippen molar-refractivity contribution in [2.24, 2.45) is 11.1 Å². The van der Waals surface area contributed by atoms with Gasteiger partial charge in [-0.2, -0.15) is 0 Å². The van der Waals surface area contributed by atoms with Gasteiger partial charge in [-0.15, -0.1) is 0 Å². The first-order valence-electron chi connectivity index (χ1n) is 6.45. The van der Waals surface area contributed by atoms with Crippen LogP contribution in [0, 0.1) is 5.41 Å². The topological polar surface area (TPSA) is 81.8 Å². The molecule has 0 saturated heterocycles. The smallest absolute Gasteiger partial charge is 0.320 e. The summed E-state index contributed by atoms with van der Waals surface area (Å²) < 4.78 is 11.6. The lowest BCUT2D eigenvalue weighted by Gasteiger charge is -2.11. The Morgan fingerprint density at radius 1 is 1.32 bits per heavy atom. The van der Waals surface area contributed by atoms with Crippen LogP contribution in [0.5, 0.6) is 11.5 Å². The van der Waals surface area contributed by atoms with Crippen LogP contribution >= 0.6 is 0 Å². The van der Waals surface area contributed by atoms with Gasteiger partial charge in [0.25, 0.3) is 0 Å². The summed E-state index contributed by atoms with van der Waals surface area (Å²) in [7, 11) is 0. The van der Waals surface area contributed by atoms with Crippen LogP contribution in [-0.4, -0.2) is 30.3 Å². The number of benzene rings is 1. The van der Waals surface area contributed by atoms with E-state index in [1.807, 2.05) is 18.2 Å². The fourth-order valence-electron chi connectivity index (χ4n) is 2.22. The summed E-state index contributed by atoms with van der Waals surface area (Å²) in [5, 5.41) is 8.82. The molecule has 5 nitrogen and oxygen atoms in total. The molecule has 1 atom stereocenters. The molecule has 1 fully saturated rings. The molecule has 0 aromatic heterocycles. The van der Waals surface area contributed by atoms with Crippen LogP contribution in [0.4, 0.5) is 0 Å². The lowest BCUT2D eigenvalue weighted by atomic mass is 10.1. The van der Waals surface area contributed by atoms with Gasteiger partial charge in [0, 0.05) is 5.41 Å². The minimum atomic E-state index is -0.996. The van der Waals surface area contributed by atoms with Gasteiger partial charge in [-0.1, -0.05) is 6.07 Å². The number of hydrogen-bond acceptors (Lipinski definition) is 4. The van der Waals surface area contributed by atoms with Crippen molar-refractivity contribution in [2.45, 2.75) is 25.3 Å². The molecular weight excluding hydrogens is 246 g/mol. The number of hydrogen-bond donors (Lipinski definition) is 2. The second kappa shape index (κ2) is 4.42. The summed E-state index contributed by atoms with van der Waals surface area (Å²) in [5.41, 5.74) is 6.59. The minimum Gasteiger partial charge on any atom is -0.489 e. The molecule has 0 radical (unpaired) electrons. The van der Waals surface area contributed by atoms with Crippen LogP contribution in [0.2, 0.25) is 0 Å². The second-order valence-electron chi connectivity index (χ2n) is 5.51. The molecule has 0 bridgehead atoms. The lowest BCUT2D eigenvalue weighted by Crippen LogP contribution is -2.32. The standard InChI is InChI=1S/C14H17NO4/c15-10(13(16)17)5-9-1-2-11-12(6-9)19-8-14(3-4-14)7-18-11/h1-2,6,10H,3-5,7-8,15H2,(H,16,17). The zero-order valence-electron chi connectivity index (χ0n) is 10.6. The first kappa shape index (κ1) is 12.3. The number of ether oxygens (including phenoxy) is 2. The van der Waals surface area contributed by atoms with E-state index < -0.39 is 12.0 Å². The van der Waals surface area contributed by atoms with Crippen molar-refractivity contribution in [3.05, 3.63) is 23.8 Å². The van der Waals surface area contributed by atoms with Gasteiger partial charge in [0.1, 0.15) is 6.04 Å². The van der Waals surface area contributed by atoms with E-state index in [1.54, 1.807) is 0 Å². The van der Waals surface area contributed by atoms with Crippen LogP contribution in [0.3, 0.4) is 0 Å². The van der Waals surface area contributed by atoms with Crippen LogP contribution in [0.25, 0.3) is 0 Å². The second-order valence-corrected chi connectivity index (χ2v) is 5.51. The number of carbonyl (C=O) groups is 1. The van der Waals surface area contributed by atoms with E-state index in [0.717, 1.165) is 24.2 Å². The van der Waals surface area contributed by atoms with Crippen molar-refractivity contribution in [1.29, 1.82) is 0 Å². The van der Waals surface area contributed by atoms with Crippen LogP contribution in [0.1, 0.15) is 18.4 Å². The summed E-state index contributed by atoms with van der Waals surface area (Å²) in [6, 6.07) is 4.62. The minimum absolute atomic E-state index is 0.205. The van der Waals surface area contributed by atoms with Crippen molar-refractivity contribution in [2.75, 3.05) is 13.2 Å². The van der Waals surface area contributed by atoms with E-state index in [2.05, 4.69) is 0 Å². The predicted molar refractivity (Wildman–Crippen MR) is 68.4 cm³/mol. The summed E-state index contributed by atoms with van der Waals surface area (Å²) in [6.07, 6.45) is 2.59. The maximum Gasteiger partial charge on any atom is 0.320 e. The fraction of sp³-hybridized carbons (Fsp3) is 0.500. The highest BCUT2D eigenvalue weighted by molar-refractivity contribution is 5.73. The fourth-order valence-corrected chi connectivity index (χ4v) is 2.22. The molecular formula is C14H17NO4. The van der Waals surface area contributed by atoms with E-state index >= 15 is 0 Å². The van der Waals surface area contributed by atoms with Crippen LogP contribution < -0.4 is 15.2 Å². The Morgan fingerprint density at radius 2 is 2.00 bits per heavy atom. The maximum atomic E-state index is 10.8. The molecule has 1 aliphatic carbocycles. The highest BCUT2D eigenvalue weighted by atomic mass is 16.5. The molecule has 1 aliphatic heterocycles. The molecule has 102 valence electrons. The number of carboxylic acid groups (broad SMARTS) is 1. The van der Waals surface area contributed by atoms with E-state index in [9.17, 15) is 4.79 Å². The maximum absolute atomic E-state index is 10.8. The molecule has 19 heavy (non-hydrogen) atoms. The summed E-state index contributed by atoms with van der Waals surface area (Å²) in [4.78, 5) is 10.8. The molecule has 5 heteroatoms. The number of rotatable bonds is 3. The van der Waals surface area contributed by atoms with Gasteiger partial charge in [-0.25, -0.2) is 0 Å². The first-order valence-corrected chi connectivity index (χ1v) is 6.45. The average molecular weight is 263 g/mol. The van der Waals surface area contributed by atoms with Gasteiger partial charge >= 0.3 is 5.97 Å². The monoisotopic (exact) mass is 263 g/mol. The largest absolute Gasteiger partial charge is 0.489 e. The van der Waals surface area contributed by atoms with Gasteiger partial charge in [0.2, 0.25) is 0 Å². The number of nitrogens with two attached hydrogens (primary N) is 1. The average Bonchev–Trinajstić information content (AvgIpc) is 3.18. The van der Waals surface area contributed by atoms with Gasteiger partial charge in [-0.3, -0.25) is 4.79 Å². The highest BCUT2D eigenvalue weighted by Gasteiger charge is 2.46. The Kier molecular flexibility index (Phi) is 2.86. The quantitative estimate of drug-likeness (QED) is 0.856. The molecule has 1 aromatic carbocycles. The molecule has 1 saturated carbocycles. The Morgan fingerprint density at radius 3 is 2.63 bits per heavy atom. The third-order valence-corrected chi connectivity index (χ3v) is 3.81. The predicted octanol–water partition coefficient (Wildman–Crippen LogP) is 1.19. The van der Waals surface area contributed by atoms with Crippen molar-refractivity contribution in [3.8, 4) is 11.5 Å². The molecule has 1 aromatic rings. The first-order chi connectivity index (χ1) is 9.08. The van der Waals surface area contributed by atoms with Crippen LogP contribution in [-0.2, 0) is 11.2 Å². The Labute approximate surface area is 111 Å². The Bertz CT molecular complexity index is 510. The van der Waals surface area contributed by atoms with Crippen molar-refractivity contribution in [1.82, 2.24) is 0 Å². The molecule has 1 unspecified atom stereocenters. The summed E-state index contributed by atoms with van der Waals surface area (Å²) in [6.45, 7) is 1.38.